The number of rotatable bonds is 2. The van der Waals surface area contributed by atoms with E-state index in [0.29, 0.717) is 10.4 Å². The van der Waals surface area contributed by atoms with Crippen LogP contribution in [0.15, 0.2) is 81.3 Å². The largest absolute Gasteiger partial charge is 0.289 e. The van der Waals surface area contributed by atoms with Crippen molar-refractivity contribution in [1.82, 2.24) is 0 Å². The zero-order valence-electron chi connectivity index (χ0n) is 12.0. The predicted molar refractivity (Wildman–Crippen MR) is 101 cm³/mol. The minimum Gasteiger partial charge on any atom is -0.289 e. The van der Waals surface area contributed by atoms with E-state index in [2.05, 4.69) is 0 Å². The van der Waals surface area contributed by atoms with Gasteiger partial charge in [0.15, 0.2) is 5.43 Å². The molecule has 0 radical (unpaired) electrons. The van der Waals surface area contributed by atoms with E-state index in [-0.39, 0.29) is 5.43 Å². The van der Waals surface area contributed by atoms with Gasteiger partial charge in [0, 0.05) is 25.3 Å². The Balaban J connectivity index is 1.94. The SMILES string of the molecule is O=c1c2ccccc2sc2c(Cl)c(Sc3ccccc3)ccc12. The fraction of sp³-hybridized carbons (Fsp3) is 0. The van der Waals surface area contributed by atoms with Gasteiger partial charge in [-0.1, -0.05) is 53.7 Å². The second-order valence-corrected chi connectivity index (χ2v) is 7.64. The summed E-state index contributed by atoms with van der Waals surface area (Å²) in [6, 6.07) is 21.6. The Kier molecular flexibility index (Phi) is 3.85. The van der Waals surface area contributed by atoms with E-state index < -0.39 is 0 Å². The summed E-state index contributed by atoms with van der Waals surface area (Å²) in [7, 11) is 0. The topological polar surface area (TPSA) is 17.1 Å². The number of hydrogen-bond donors (Lipinski definition) is 0. The number of hydrogen-bond acceptors (Lipinski definition) is 3. The molecule has 0 spiro atoms. The average Bonchev–Trinajstić information content (AvgIpc) is 2.59. The third-order valence-electron chi connectivity index (χ3n) is 3.62. The molecule has 0 aliphatic rings. The highest BCUT2D eigenvalue weighted by Gasteiger charge is 2.12. The molecular weight excluding hydrogens is 344 g/mol. The molecule has 0 bridgehead atoms. The Morgan fingerprint density at radius 1 is 0.826 bits per heavy atom. The summed E-state index contributed by atoms with van der Waals surface area (Å²) in [5.74, 6) is 0. The first kappa shape index (κ1) is 14.8. The van der Waals surface area contributed by atoms with Gasteiger partial charge >= 0.3 is 0 Å². The van der Waals surface area contributed by atoms with Crippen LogP contribution in [0.2, 0.25) is 5.02 Å². The van der Waals surface area contributed by atoms with Crippen LogP contribution in [0, 0.1) is 0 Å². The third-order valence-corrected chi connectivity index (χ3v) is 6.51. The first-order valence-electron chi connectivity index (χ1n) is 7.11. The van der Waals surface area contributed by atoms with Crippen molar-refractivity contribution >= 4 is 54.9 Å². The molecule has 0 fully saturated rings. The Morgan fingerprint density at radius 3 is 2.39 bits per heavy atom. The van der Waals surface area contributed by atoms with Crippen molar-refractivity contribution < 1.29 is 0 Å². The first-order chi connectivity index (χ1) is 11.2. The van der Waals surface area contributed by atoms with E-state index in [0.717, 1.165) is 24.6 Å². The second kappa shape index (κ2) is 6.00. The maximum Gasteiger partial charge on any atom is 0.195 e. The van der Waals surface area contributed by atoms with Crippen LogP contribution in [-0.4, -0.2) is 0 Å². The molecule has 0 saturated carbocycles. The van der Waals surface area contributed by atoms with Gasteiger partial charge in [-0.25, -0.2) is 0 Å². The van der Waals surface area contributed by atoms with E-state index in [4.69, 9.17) is 11.6 Å². The quantitative estimate of drug-likeness (QED) is 0.397. The zero-order chi connectivity index (χ0) is 15.8. The van der Waals surface area contributed by atoms with Crippen LogP contribution in [0.3, 0.4) is 0 Å². The highest BCUT2D eigenvalue weighted by Crippen LogP contribution is 2.39. The fourth-order valence-electron chi connectivity index (χ4n) is 2.51. The summed E-state index contributed by atoms with van der Waals surface area (Å²) in [4.78, 5) is 14.7. The standard InChI is InChI=1S/C19H11ClOS2/c20-17-16(22-12-6-2-1-3-7-12)11-10-14-18(21)13-8-4-5-9-15(13)23-19(14)17/h1-11H. The Morgan fingerprint density at radius 2 is 1.57 bits per heavy atom. The molecule has 0 N–H and O–H groups in total. The third kappa shape index (κ3) is 2.65. The molecule has 4 rings (SSSR count). The van der Waals surface area contributed by atoms with Crippen LogP contribution in [0.5, 0.6) is 0 Å². The molecule has 3 aromatic carbocycles. The van der Waals surface area contributed by atoms with Gasteiger partial charge in [-0.2, -0.15) is 0 Å². The van der Waals surface area contributed by atoms with Gasteiger partial charge in [0.25, 0.3) is 0 Å². The number of halogens is 1. The van der Waals surface area contributed by atoms with Gasteiger partial charge in [-0.05, 0) is 36.4 Å². The molecule has 0 atom stereocenters. The van der Waals surface area contributed by atoms with E-state index in [1.54, 1.807) is 23.1 Å². The summed E-state index contributed by atoms with van der Waals surface area (Å²) in [5, 5.41) is 2.10. The summed E-state index contributed by atoms with van der Waals surface area (Å²) in [6.45, 7) is 0. The van der Waals surface area contributed by atoms with E-state index in [1.807, 2.05) is 66.7 Å². The van der Waals surface area contributed by atoms with Gasteiger partial charge in [0.2, 0.25) is 0 Å². The minimum atomic E-state index is 0.0486. The maximum absolute atomic E-state index is 12.7. The van der Waals surface area contributed by atoms with Crippen LogP contribution in [-0.2, 0) is 0 Å². The van der Waals surface area contributed by atoms with Crippen molar-refractivity contribution in [2.45, 2.75) is 9.79 Å². The lowest BCUT2D eigenvalue weighted by atomic mass is 10.2. The molecule has 23 heavy (non-hydrogen) atoms. The molecule has 4 heteroatoms. The van der Waals surface area contributed by atoms with Crippen molar-refractivity contribution in [2.75, 3.05) is 0 Å². The van der Waals surface area contributed by atoms with Crippen molar-refractivity contribution in [3.63, 3.8) is 0 Å². The number of fused-ring (bicyclic) bond motifs is 2. The summed E-state index contributed by atoms with van der Waals surface area (Å²) < 4.78 is 1.82. The van der Waals surface area contributed by atoms with Crippen LogP contribution in [0.4, 0.5) is 0 Å². The molecule has 1 aromatic heterocycles. The monoisotopic (exact) mass is 354 g/mol. The zero-order valence-corrected chi connectivity index (χ0v) is 14.3. The molecule has 112 valence electrons. The van der Waals surface area contributed by atoms with Crippen molar-refractivity contribution in [1.29, 1.82) is 0 Å². The molecule has 1 nitrogen and oxygen atoms in total. The van der Waals surface area contributed by atoms with Gasteiger partial charge < -0.3 is 0 Å². The van der Waals surface area contributed by atoms with Crippen LogP contribution in [0.25, 0.3) is 20.2 Å². The molecule has 0 aliphatic heterocycles. The summed E-state index contributed by atoms with van der Waals surface area (Å²) in [5.41, 5.74) is 0.0486. The Labute approximate surface area is 146 Å². The molecule has 1 heterocycles. The van der Waals surface area contributed by atoms with Crippen molar-refractivity contribution in [3.8, 4) is 0 Å². The lowest BCUT2D eigenvalue weighted by Gasteiger charge is -2.08. The lowest BCUT2D eigenvalue weighted by Crippen LogP contribution is -2.01. The first-order valence-corrected chi connectivity index (χ1v) is 9.12. The molecule has 0 amide bonds. The molecule has 4 aromatic rings. The Bertz CT molecular complexity index is 1070. The van der Waals surface area contributed by atoms with Crippen LogP contribution >= 0.6 is 34.7 Å². The van der Waals surface area contributed by atoms with E-state index in [9.17, 15) is 4.79 Å². The molecule has 0 aliphatic carbocycles. The van der Waals surface area contributed by atoms with Crippen LogP contribution < -0.4 is 5.43 Å². The van der Waals surface area contributed by atoms with Crippen molar-refractivity contribution in [3.05, 3.63) is 82.0 Å². The van der Waals surface area contributed by atoms with Gasteiger partial charge in [-0.3, -0.25) is 4.79 Å². The van der Waals surface area contributed by atoms with Gasteiger partial charge in [0.05, 0.1) is 9.72 Å². The molecular formula is C19H11ClOS2. The van der Waals surface area contributed by atoms with Crippen molar-refractivity contribution in [2.24, 2.45) is 0 Å². The smallest absolute Gasteiger partial charge is 0.195 e. The Hall–Kier alpha value is -1.81. The lowest BCUT2D eigenvalue weighted by molar-refractivity contribution is 1.43. The highest BCUT2D eigenvalue weighted by atomic mass is 35.5. The average molecular weight is 355 g/mol. The second-order valence-electron chi connectivity index (χ2n) is 5.10. The fourth-order valence-corrected chi connectivity index (χ4v) is 4.95. The minimum absolute atomic E-state index is 0.0486. The summed E-state index contributed by atoms with van der Waals surface area (Å²) >= 11 is 9.80. The van der Waals surface area contributed by atoms with Crippen LogP contribution in [0.1, 0.15) is 0 Å². The predicted octanol–water partition coefficient (Wildman–Crippen LogP) is 6.22. The van der Waals surface area contributed by atoms with E-state index in [1.165, 1.54) is 0 Å². The molecule has 0 unspecified atom stereocenters. The maximum atomic E-state index is 12.7. The van der Waals surface area contributed by atoms with Gasteiger partial charge in [-0.15, -0.1) is 11.3 Å². The highest BCUT2D eigenvalue weighted by molar-refractivity contribution is 7.99. The van der Waals surface area contributed by atoms with Gasteiger partial charge in [0.1, 0.15) is 0 Å². The normalized spacial score (nSPS) is 11.2. The molecule has 0 saturated heterocycles. The van der Waals surface area contributed by atoms with E-state index >= 15 is 0 Å². The number of benzene rings is 3. The summed E-state index contributed by atoms with van der Waals surface area (Å²) in [6.07, 6.45) is 0.